The number of rotatable bonds is 3. The third kappa shape index (κ3) is 6.00. The first-order chi connectivity index (χ1) is 14.6. The van der Waals surface area contributed by atoms with Crippen LogP contribution in [0.4, 0.5) is 0 Å². The molecule has 0 aliphatic heterocycles. The van der Waals surface area contributed by atoms with Gasteiger partial charge in [0.2, 0.25) is 0 Å². The lowest BCUT2D eigenvalue weighted by atomic mass is 9.72. The molecule has 0 atom stereocenters. The van der Waals surface area contributed by atoms with Crippen molar-refractivity contribution >= 4 is 18.5 Å². The average Bonchev–Trinajstić information content (AvgIpc) is 2.71. The summed E-state index contributed by atoms with van der Waals surface area (Å²) in [5.74, 6) is 2.71. The second-order valence-corrected chi connectivity index (χ2v) is 21.6. The molecule has 0 amide bonds. The molecule has 0 unspecified atom stereocenters. The monoisotopic (exact) mass is 480 g/mol. The van der Waals surface area contributed by atoms with E-state index in [4.69, 9.17) is 11.1 Å². The van der Waals surface area contributed by atoms with Crippen molar-refractivity contribution in [1.29, 1.82) is 0 Å². The van der Waals surface area contributed by atoms with E-state index in [9.17, 15) is 0 Å². The van der Waals surface area contributed by atoms with Gasteiger partial charge in [-0.1, -0.05) is 101 Å². The molecule has 3 saturated carbocycles. The molecule has 188 valence electrons. The van der Waals surface area contributed by atoms with Crippen molar-refractivity contribution in [3.8, 4) is 0 Å². The van der Waals surface area contributed by atoms with Gasteiger partial charge >= 0.3 is 0 Å². The van der Waals surface area contributed by atoms with Crippen LogP contribution in [0, 0.1) is 34.0 Å². The second-order valence-electron chi connectivity index (χ2n) is 15.6. The highest BCUT2D eigenvalue weighted by atomic mass is 35.6. The highest BCUT2D eigenvalue weighted by Gasteiger charge is 2.54. The van der Waals surface area contributed by atoms with Crippen molar-refractivity contribution in [3.05, 3.63) is 0 Å². The Morgan fingerprint density at radius 2 is 0.594 bits per heavy atom. The van der Waals surface area contributed by atoms with Gasteiger partial charge in [-0.05, 0) is 89.1 Å². The zero-order valence-electron chi connectivity index (χ0n) is 23.3. The molecule has 0 spiro atoms. The minimum Gasteiger partial charge on any atom is -0.166 e. The normalized spacial score (nSPS) is 37.7. The average molecular weight is 481 g/mol. The summed E-state index contributed by atoms with van der Waals surface area (Å²) in [6, 6.07) is 0. The van der Waals surface area contributed by atoms with Crippen LogP contribution >= 0.6 is 11.1 Å². The first kappa shape index (κ1) is 27.1. The van der Waals surface area contributed by atoms with Crippen molar-refractivity contribution in [1.82, 2.24) is 0 Å². The van der Waals surface area contributed by atoms with Crippen LogP contribution in [-0.2, 0) is 0 Å². The molecular formula is C30H57ClSi. The fourth-order valence-corrected chi connectivity index (χ4v) is 15.8. The molecule has 32 heavy (non-hydrogen) atoms. The molecule has 2 heteroatoms. The van der Waals surface area contributed by atoms with Crippen molar-refractivity contribution in [2.24, 2.45) is 34.0 Å². The lowest BCUT2D eigenvalue weighted by molar-refractivity contribution is 0.164. The van der Waals surface area contributed by atoms with Crippen LogP contribution in [0.5, 0.6) is 0 Å². The van der Waals surface area contributed by atoms with Crippen LogP contribution in [0.25, 0.3) is 0 Å². The Balaban J connectivity index is 1.76. The van der Waals surface area contributed by atoms with Gasteiger partial charge in [0.05, 0.1) is 0 Å². The molecule has 0 heterocycles. The molecule has 0 aromatic heterocycles. The van der Waals surface area contributed by atoms with E-state index in [0.29, 0.717) is 16.2 Å². The minimum atomic E-state index is -1.84. The highest BCUT2D eigenvalue weighted by Crippen LogP contribution is 2.62. The Morgan fingerprint density at radius 1 is 0.406 bits per heavy atom. The lowest BCUT2D eigenvalue weighted by Crippen LogP contribution is -2.48. The van der Waals surface area contributed by atoms with Gasteiger partial charge in [0.1, 0.15) is 0 Å². The van der Waals surface area contributed by atoms with E-state index in [1.54, 1.807) is 0 Å². The van der Waals surface area contributed by atoms with Crippen LogP contribution in [0.3, 0.4) is 0 Å². The Labute approximate surface area is 208 Å². The molecule has 3 fully saturated rings. The van der Waals surface area contributed by atoms with Crippen LogP contribution < -0.4 is 0 Å². The summed E-state index contributed by atoms with van der Waals surface area (Å²) in [6.45, 7) is 22.2. The maximum absolute atomic E-state index is 8.20. The van der Waals surface area contributed by atoms with Crippen LogP contribution in [-0.4, -0.2) is 7.38 Å². The van der Waals surface area contributed by atoms with Gasteiger partial charge in [0, 0.05) is 0 Å². The van der Waals surface area contributed by atoms with E-state index in [-0.39, 0.29) is 0 Å². The van der Waals surface area contributed by atoms with E-state index in [1.807, 2.05) is 0 Å². The van der Waals surface area contributed by atoms with E-state index < -0.39 is 7.38 Å². The van der Waals surface area contributed by atoms with Crippen molar-refractivity contribution in [2.45, 2.75) is 156 Å². The predicted molar refractivity (Wildman–Crippen MR) is 147 cm³/mol. The molecule has 0 aromatic rings. The van der Waals surface area contributed by atoms with Gasteiger partial charge in [-0.25, -0.2) is 0 Å². The van der Waals surface area contributed by atoms with Crippen molar-refractivity contribution in [2.75, 3.05) is 0 Å². The zero-order chi connectivity index (χ0) is 23.9. The first-order valence-electron chi connectivity index (χ1n) is 14.3. The SMILES string of the molecule is CC(C)(C)C1CCC([Si](Cl)(C2CCC(C(C)(C)C)CC2)C2CCC(C(C)(C)C)CC2)CC1. The Kier molecular flexibility index (Phi) is 8.36. The van der Waals surface area contributed by atoms with E-state index in [1.165, 1.54) is 77.0 Å². The topological polar surface area (TPSA) is 0 Å². The van der Waals surface area contributed by atoms with E-state index >= 15 is 0 Å². The van der Waals surface area contributed by atoms with Gasteiger partial charge in [0.25, 0.3) is 0 Å². The van der Waals surface area contributed by atoms with Gasteiger partial charge < -0.3 is 0 Å². The Bertz CT molecular complexity index is 496. The molecule has 3 rings (SSSR count). The van der Waals surface area contributed by atoms with E-state index in [2.05, 4.69) is 62.3 Å². The van der Waals surface area contributed by atoms with Crippen molar-refractivity contribution < 1.29 is 0 Å². The Morgan fingerprint density at radius 3 is 0.750 bits per heavy atom. The van der Waals surface area contributed by atoms with Crippen LogP contribution in [0.1, 0.15) is 139 Å². The largest absolute Gasteiger partial charge is 0.166 e. The summed E-state index contributed by atoms with van der Waals surface area (Å²) < 4.78 is 0. The molecule has 0 aromatic carbocycles. The predicted octanol–water partition coefficient (Wildman–Crippen LogP) is 11.0. The fourth-order valence-electron chi connectivity index (χ4n) is 8.21. The third-order valence-corrected chi connectivity index (χ3v) is 19.0. The standard InChI is InChI=1S/C30H57ClSi/c1-28(2,3)22-10-16-25(17-11-22)32(31,26-18-12-23(13-19-26)29(4,5)6)27-20-14-24(15-21-27)30(7,8)9/h22-27H,10-21H2,1-9H3. The summed E-state index contributed by atoms with van der Waals surface area (Å²) in [5, 5.41) is 0. The maximum Gasteiger partial charge on any atom is 0.165 e. The summed E-state index contributed by atoms with van der Waals surface area (Å²) in [5.41, 5.74) is 4.06. The van der Waals surface area contributed by atoms with Gasteiger partial charge in [-0.2, -0.15) is 11.1 Å². The number of hydrogen-bond donors (Lipinski definition) is 0. The first-order valence-corrected chi connectivity index (χ1v) is 17.6. The van der Waals surface area contributed by atoms with Gasteiger partial charge in [-0.15, -0.1) is 0 Å². The number of halogens is 1. The van der Waals surface area contributed by atoms with Gasteiger partial charge in [-0.3, -0.25) is 0 Å². The minimum absolute atomic E-state index is 0.469. The molecule has 0 N–H and O–H groups in total. The van der Waals surface area contributed by atoms with Crippen LogP contribution in [0.15, 0.2) is 0 Å². The molecule has 0 radical (unpaired) electrons. The molecule has 0 nitrogen and oxygen atoms in total. The molecule has 3 aliphatic carbocycles. The lowest BCUT2D eigenvalue weighted by Gasteiger charge is -2.52. The summed E-state index contributed by atoms with van der Waals surface area (Å²) in [4.78, 5) is 0. The van der Waals surface area contributed by atoms with Crippen molar-refractivity contribution in [3.63, 3.8) is 0 Å². The summed E-state index contributed by atoms with van der Waals surface area (Å²) in [7, 11) is -1.84. The molecule has 0 saturated heterocycles. The summed E-state index contributed by atoms with van der Waals surface area (Å²) >= 11 is 8.20. The van der Waals surface area contributed by atoms with Crippen LogP contribution in [0.2, 0.25) is 16.6 Å². The fraction of sp³-hybridized carbons (Fsp3) is 1.00. The molecule has 0 bridgehead atoms. The molecule has 3 aliphatic rings. The quantitative estimate of drug-likeness (QED) is 0.278. The Hall–Kier alpha value is 0.507. The zero-order valence-corrected chi connectivity index (χ0v) is 25.1. The molecular weight excluding hydrogens is 424 g/mol. The second kappa shape index (κ2) is 9.87. The maximum atomic E-state index is 8.20. The van der Waals surface area contributed by atoms with E-state index in [0.717, 1.165) is 34.4 Å². The van der Waals surface area contributed by atoms with Gasteiger partial charge in [0.15, 0.2) is 7.38 Å². The smallest absolute Gasteiger partial charge is 0.165 e. The third-order valence-electron chi connectivity index (χ3n) is 10.7. The number of hydrogen-bond acceptors (Lipinski definition) is 0. The summed E-state index contributed by atoms with van der Waals surface area (Å²) in [6.07, 6.45) is 17.3. The highest BCUT2D eigenvalue weighted by molar-refractivity contribution is 7.22.